The zero-order valence-electron chi connectivity index (χ0n) is 8.41. The summed E-state index contributed by atoms with van der Waals surface area (Å²) in [5.74, 6) is -0.0458. The highest BCUT2D eigenvalue weighted by Crippen LogP contribution is 2.44. The summed E-state index contributed by atoms with van der Waals surface area (Å²) in [5.41, 5.74) is -1.10. The Morgan fingerprint density at radius 2 is 2.15 bits per heavy atom. The van der Waals surface area contributed by atoms with E-state index in [0.717, 1.165) is 12.4 Å². The van der Waals surface area contributed by atoms with Gasteiger partial charge < -0.3 is 9.53 Å². The molecule has 13 heavy (non-hydrogen) atoms. The van der Waals surface area contributed by atoms with Crippen molar-refractivity contribution in [2.24, 2.45) is 11.8 Å². The first-order valence-electron chi connectivity index (χ1n) is 4.52. The van der Waals surface area contributed by atoms with Crippen LogP contribution in [-0.4, -0.2) is 31.4 Å². The zero-order chi connectivity index (χ0) is 10.3. The van der Waals surface area contributed by atoms with Gasteiger partial charge in [0, 0.05) is 11.4 Å². The van der Waals surface area contributed by atoms with Crippen LogP contribution in [0.4, 0.5) is 0 Å². The highest BCUT2D eigenvalue weighted by molar-refractivity contribution is 7.16. The van der Waals surface area contributed by atoms with Gasteiger partial charge in [-0.25, -0.2) is 0 Å². The van der Waals surface area contributed by atoms with Crippen LogP contribution in [-0.2, 0) is 9.53 Å². The molecule has 5 atom stereocenters. The summed E-state index contributed by atoms with van der Waals surface area (Å²) in [5, 5.41) is 0. The van der Waals surface area contributed by atoms with Crippen LogP contribution in [0.25, 0.3) is 0 Å². The fourth-order valence-electron chi connectivity index (χ4n) is 1.99. The van der Waals surface area contributed by atoms with E-state index in [1.54, 1.807) is 0 Å². The van der Waals surface area contributed by atoms with Crippen molar-refractivity contribution in [3.63, 3.8) is 0 Å². The summed E-state index contributed by atoms with van der Waals surface area (Å²) in [7, 11) is 8.56. The van der Waals surface area contributed by atoms with Crippen LogP contribution in [0.15, 0.2) is 0 Å². The van der Waals surface area contributed by atoms with Crippen molar-refractivity contribution in [2.75, 3.05) is 6.16 Å². The minimum absolute atomic E-state index is 0.0653. The molecule has 1 aliphatic rings. The monoisotopic (exact) mass is 198 g/mol. The van der Waals surface area contributed by atoms with Gasteiger partial charge in [-0.05, 0) is 25.9 Å². The fourth-order valence-corrected chi connectivity index (χ4v) is 2.34. The molecule has 1 heterocycles. The summed E-state index contributed by atoms with van der Waals surface area (Å²) in [6.07, 6.45) is 1.69. The predicted octanol–water partition coefficient (Wildman–Crippen LogP) is 0.986. The quantitative estimate of drug-likeness (QED) is 0.375. The third-order valence-corrected chi connectivity index (χ3v) is 3.96. The van der Waals surface area contributed by atoms with Crippen molar-refractivity contribution in [3.05, 3.63) is 0 Å². The van der Waals surface area contributed by atoms with Crippen molar-refractivity contribution < 1.29 is 9.53 Å². The SMILES string of the molecule is [B][C@]1(C)OC(C)(CP)C(C=O)C1C. The number of hydrogen-bond acceptors (Lipinski definition) is 2. The van der Waals surface area contributed by atoms with E-state index in [9.17, 15) is 4.79 Å². The molecule has 0 amide bonds. The molecule has 72 valence electrons. The van der Waals surface area contributed by atoms with Crippen LogP contribution < -0.4 is 0 Å². The van der Waals surface area contributed by atoms with Crippen molar-refractivity contribution in [1.29, 1.82) is 0 Å². The average molecular weight is 198 g/mol. The van der Waals surface area contributed by atoms with Gasteiger partial charge in [0.2, 0.25) is 0 Å². The van der Waals surface area contributed by atoms with Crippen LogP contribution in [0.2, 0.25) is 0 Å². The van der Waals surface area contributed by atoms with Crippen LogP contribution in [0.5, 0.6) is 0 Å². The molecule has 0 aromatic rings. The molecular formula is C9H16BO2P. The summed E-state index contributed by atoms with van der Waals surface area (Å²) in [4.78, 5) is 10.9. The molecular weight excluding hydrogens is 182 g/mol. The molecule has 1 fully saturated rings. The van der Waals surface area contributed by atoms with Gasteiger partial charge in [-0.2, -0.15) is 0 Å². The lowest BCUT2D eigenvalue weighted by Crippen LogP contribution is -2.36. The van der Waals surface area contributed by atoms with Gasteiger partial charge in [-0.15, -0.1) is 9.24 Å². The fraction of sp³-hybridized carbons (Fsp3) is 0.889. The molecule has 0 saturated carbocycles. The maximum Gasteiger partial charge on any atom is 0.126 e. The first-order valence-corrected chi connectivity index (χ1v) is 5.33. The second-order valence-electron chi connectivity index (χ2n) is 4.25. The third-order valence-electron chi connectivity index (χ3n) is 3.15. The molecule has 1 aliphatic heterocycles. The highest BCUT2D eigenvalue weighted by atomic mass is 31.0. The summed E-state index contributed by atoms with van der Waals surface area (Å²) in [6.45, 7) is 5.73. The van der Waals surface area contributed by atoms with E-state index in [1.807, 2.05) is 20.8 Å². The van der Waals surface area contributed by atoms with E-state index in [4.69, 9.17) is 12.6 Å². The Morgan fingerprint density at radius 3 is 2.46 bits per heavy atom. The maximum atomic E-state index is 10.9. The summed E-state index contributed by atoms with van der Waals surface area (Å²) >= 11 is 0. The Labute approximate surface area is 83.4 Å². The summed E-state index contributed by atoms with van der Waals surface area (Å²) in [6, 6.07) is 0. The Kier molecular flexibility index (Phi) is 2.90. The highest BCUT2D eigenvalue weighted by Gasteiger charge is 2.52. The normalized spacial score (nSPS) is 50.8. The molecule has 4 heteroatoms. The van der Waals surface area contributed by atoms with Crippen LogP contribution >= 0.6 is 9.24 Å². The van der Waals surface area contributed by atoms with Gasteiger partial charge in [-0.3, -0.25) is 0 Å². The lowest BCUT2D eigenvalue weighted by atomic mass is 9.69. The Bertz CT molecular complexity index is 220. The molecule has 2 nitrogen and oxygen atoms in total. The third kappa shape index (κ3) is 1.69. The Hall–Kier alpha value is 0.125. The van der Waals surface area contributed by atoms with Gasteiger partial charge in [-0.1, -0.05) is 6.92 Å². The molecule has 1 rings (SSSR count). The number of ether oxygens (including phenoxy) is 1. The van der Waals surface area contributed by atoms with E-state index in [0.29, 0.717) is 0 Å². The Morgan fingerprint density at radius 1 is 1.62 bits per heavy atom. The van der Waals surface area contributed by atoms with Crippen molar-refractivity contribution >= 4 is 23.4 Å². The molecule has 0 N–H and O–H groups in total. The molecule has 0 aromatic carbocycles. The molecule has 4 unspecified atom stereocenters. The molecule has 0 aromatic heterocycles. The number of carbonyl (C=O) groups is 1. The number of aldehydes is 1. The largest absolute Gasteiger partial charge is 0.378 e. The minimum Gasteiger partial charge on any atom is -0.378 e. The maximum absolute atomic E-state index is 10.9. The van der Waals surface area contributed by atoms with Gasteiger partial charge in [0.25, 0.3) is 0 Å². The average Bonchev–Trinajstić information content (AvgIpc) is 2.20. The van der Waals surface area contributed by atoms with Crippen molar-refractivity contribution in [1.82, 2.24) is 0 Å². The summed E-state index contributed by atoms with van der Waals surface area (Å²) < 4.78 is 5.73. The van der Waals surface area contributed by atoms with Gasteiger partial charge in [0.15, 0.2) is 0 Å². The van der Waals surface area contributed by atoms with Crippen LogP contribution in [0.1, 0.15) is 20.8 Å². The molecule has 0 bridgehead atoms. The zero-order valence-corrected chi connectivity index (χ0v) is 9.57. The van der Waals surface area contributed by atoms with E-state index in [2.05, 4.69) is 9.24 Å². The smallest absolute Gasteiger partial charge is 0.126 e. The van der Waals surface area contributed by atoms with Gasteiger partial charge in [0.05, 0.1) is 5.60 Å². The van der Waals surface area contributed by atoms with Crippen LogP contribution in [0.3, 0.4) is 0 Å². The topological polar surface area (TPSA) is 26.3 Å². The van der Waals surface area contributed by atoms with Gasteiger partial charge in [0.1, 0.15) is 14.1 Å². The lowest BCUT2D eigenvalue weighted by Gasteiger charge is -2.28. The molecule has 1 saturated heterocycles. The standard InChI is InChI=1S/C9H16BO2P/c1-6-7(4-11)8(2,5-13)12-9(6,3)10/h4,6-7H,5,13H2,1-3H3/t6?,7?,8?,9-/m1/s1. The molecule has 0 aliphatic carbocycles. The second kappa shape index (κ2) is 3.36. The number of rotatable bonds is 2. The lowest BCUT2D eigenvalue weighted by molar-refractivity contribution is -0.116. The second-order valence-corrected chi connectivity index (χ2v) is 4.66. The van der Waals surface area contributed by atoms with Crippen LogP contribution in [0, 0.1) is 11.8 Å². The molecule has 2 radical (unpaired) electrons. The van der Waals surface area contributed by atoms with E-state index >= 15 is 0 Å². The van der Waals surface area contributed by atoms with Crippen molar-refractivity contribution in [2.45, 2.75) is 31.9 Å². The van der Waals surface area contributed by atoms with E-state index in [-0.39, 0.29) is 11.8 Å². The number of carbonyl (C=O) groups excluding carboxylic acids is 1. The number of hydrogen-bond donors (Lipinski definition) is 0. The first kappa shape index (κ1) is 11.2. The van der Waals surface area contributed by atoms with E-state index in [1.165, 1.54) is 0 Å². The minimum atomic E-state index is -0.684. The first-order chi connectivity index (χ1) is 5.87. The predicted molar refractivity (Wildman–Crippen MR) is 56.9 cm³/mol. The van der Waals surface area contributed by atoms with Crippen molar-refractivity contribution in [3.8, 4) is 0 Å². The Balaban J connectivity index is 2.98. The van der Waals surface area contributed by atoms with Gasteiger partial charge >= 0.3 is 0 Å². The van der Waals surface area contributed by atoms with E-state index < -0.39 is 11.1 Å². The molecule has 0 spiro atoms.